The van der Waals surface area contributed by atoms with Gasteiger partial charge in [-0.25, -0.2) is 0 Å². The Morgan fingerprint density at radius 1 is 1.37 bits per heavy atom. The quantitative estimate of drug-likeness (QED) is 0.926. The molecule has 2 N–H and O–H groups in total. The number of unbranched alkanes of at least 4 members (excludes halogenated alkanes) is 1. The van der Waals surface area contributed by atoms with Crippen molar-refractivity contribution in [1.29, 1.82) is 0 Å². The first kappa shape index (κ1) is 14.6. The molecule has 5 heteroatoms. The fourth-order valence-electron chi connectivity index (χ4n) is 2.57. The van der Waals surface area contributed by atoms with Gasteiger partial charge in [-0.2, -0.15) is 0 Å². The topological polar surface area (TPSA) is 46.3 Å². The number of nitrogens with zero attached hydrogens (tertiary/aromatic N) is 1. The highest BCUT2D eigenvalue weighted by atomic mass is 35.5. The summed E-state index contributed by atoms with van der Waals surface area (Å²) in [4.78, 5) is 13.9. The largest absolute Gasteiger partial charge is 0.334 e. The van der Waals surface area contributed by atoms with Gasteiger partial charge in [0.1, 0.15) is 0 Å². The highest BCUT2D eigenvalue weighted by molar-refractivity contribution is 6.36. The van der Waals surface area contributed by atoms with E-state index in [0.717, 1.165) is 18.4 Å². The Labute approximate surface area is 123 Å². The van der Waals surface area contributed by atoms with Crippen LogP contribution in [0, 0.1) is 0 Å². The first-order valence-corrected chi connectivity index (χ1v) is 7.30. The van der Waals surface area contributed by atoms with Gasteiger partial charge in [-0.05, 0) is 18.6 Å². The highest BCUT2D eigenvalue weighted by Crippen LogP contribution is 2.39. The lowest BCUT2D eigenvalue weighted by molar-refractivity contribution is -0.129. The van der Waals surface area contributed by atoms with Crippen molar-refractivity contribution in [2.24, 2.45) is 5.73 Å². The van der Waals surface area contributed by atoms with Crippen LogP contribution in [0.15, 0.2) is 18.2 Å². The fourth-order valence-corrected chi connectivity index (χ4v) is 3.19. The molecule has 2 atom stereocenters. The van der Waals surface area contributed by atoms with Crippen molar-refractivity contribution in [1.82, 2.24) is 4.90 Å². The minimum Gasteiger partial charge on any atom is -0.334 e. The monoisotopic (exact) mass is 300 g/mol. The average molecular weight is 301 g/mol. The first-order chi connectivity index (χ1) is 9.06. The molecular formula is C14H18Cl2N2O. The number of benzene rings is 1. The van der Waals surface area contributed by atoms with Crippen molar-refractivity contribution < 1.29 is 4.79 Å². The smallest absolute Gasteiger partial charge is 0.224 e. The van der Waals surface area contributed by atoms with Gasteiger partial charge < -0.3 is 10.6 Å². The predicted octanol–water partition coefficient (Wildman–Crippen LogP) is 3.39. The molecular weight excluding hydrogens is 283 g/mol. The van der Waals surface area contributed by atoms with Crippen LogP contribution in [0.5, 0.6) is 0 Å². The number of rotatable bonds is 4. The summed E-state index contributed by atoms with van der Waals surface area (Å²) in [6.07, 6.45) is 2.34. The Balaban J connectivity index is 2.36. The molecule has 0 radical (unpaired) electrons. The second kappa shape index (κ2) is 6.12. The highest BCUT2D eigenvalue weighted by Gasteiger charge is 2.40. The van der Waals surface area contributed by atoms with Gasteiger partial charge >= 0.3 is 0 Å². The Morgan fingerprint density at radius 2 is 2.00 bits per heavy atom. The van der Waals surface area contributed by atoms with Crippen LogP contribution in [0.4, 0.5) is 0 Å². The molecule has 0 bridgehead atoms. The average Bonchev–Trinajstić information content (AvgIpc) is 2.62. The minimum atomic E-state index is -0.248. The lowest BCUT2D eigenvalue weighted by Gasteiger charge is -2.28. The maximum atomic E-state index is 12.1. The molecule has 2 unspecified atom stereocenters. The second-order valence-corrected chi connectivity index (χ2v) is 5.70. The zero-order chi connectivity index (χ0) is 14.0. The molecule has 1 aromatic rings. The standard InChI is InChI=1S/C14H18Cl2N2O/c1-2-3-7-18-12(19)8-11(17)14(18)13-9(15)5-4-6-10(13)16/h4-6,11,14H,2-3,7-8,17H2,1H3. The van der Waals surface area contributed by atoms with Crippen LogP contribution in [-0.2, 0) is 4.79 Å². The number of hydrogen-bond donors (Lipinski definition) is 1. The summed E-state index contributed by atoms with van der Waals surface area (Å²) < 4.78 is 0. The van der Waals surface area contributed by atoms with Crippen LogP contribution in [0.1, 0.15) is 37.8 Å². The second-order valence-electron chi connectivity index (χ2n) is 4.89. The maximum absolute atomic E-state index is 12.1. The molecule has 1 saturated heterocycles. The van der Waals surface area contributed by atoms with Crippen LogP contribution in [0.3, 0.4) is 0 Å². The van der Waals surface area contributed by atoms with Crippen molar-refractivity contribution >= 4 is 29.1 Å². The molecule has 3 nitrogen and oxygen atoms in total. The van der Waals surface area contributed by atoms with E-state index in [2.05, 4.69) is 6.92 Å². The number of nitrogens with two attached hydrogens (primary N) is 1. The molecule has 0 spiro atoms. The van der Waals surface area contributed by atoms with E-state index in [9.17, 15) is 4.79 Å². The summed E-state index contributed by atoms with van der Waals surface area (Å²) in [6.45, 7) is 2.80. The van der Waals surface area contributed by atoms with Crippen molar-refractivity contribution in [3.8, 4) is 0 Å². The summed E-state index contributed by atoms with van der Waals surface area (Å²) in [6, 6.07) is 4.92. The summed E-state index contributed by atoms with van der Waals surface area (Å²) in [5.74, 6) is 0.0851. The normalized spacial score (nSPS) is 23.2. The Hall–Kier alpha value is -0.770. The third-order valence-electron chi connectivity index (χ3n) is 3.52. The van der Waals surface area contributed by atoms with Crippen molar-refractivity contribution in [3.05, 3.63) is 33.8 Å². The van der Waals surface area contributed by atoms with Crippen LogP contribution >= 0.6 is 23.2 Å². The molecule has 1 aliphatic rings. The minimum absolute atomic E-state index is 0.0851. The molecule has 0 saturated carbocycles. The number of carbonyl (C=O) groups is 1. The van der Waals surface area contributed by atoms with E-state index in [4.69, 9.17) is 28.9 Å². The summed E-state index contributed by atoms with van der Waals surface area (Å²) in [7, 11) is 0. The number of likely N-dealkylation sites (tertiary alicyclic amines) is 1. The van der Waals surface area contributed by atoms with E-state index in [0.29, 0.717) is 23.0 Å². The number of hydrogen-bond acceptors (Lipinski definition) is 2. The molecule has 1 heterocycles. The van der Waals surface area contributed by atoms with Gasteiger partial charge in [0.05, 0.1) is 6.04 Å². The van der Waals surface area contributed by atoms with Gasteiger partial charge in [0, 0.05) is 34.6 Å². The Kier molecular flexibility index (Phi) is 4.71. The molecule has 104 valence electrons. The van der Waals surface area contributed by atoms with Crippen molar-refractivity contribution in [3.63, 3.8) is 0 Å². The van der Waals surface area contributed by atoms with E-state index < -0.39 is 0 Å². The molecule has 19 heavy (non-hydrogen) atoms. The zero-order valence-corrected chi connectivity index (χ0v) is 12.4. The molecule has 0 aromatic heterocycles. The predicted molar refractivity (Wildman–Crippen MR) is 78.4 cm³/mol. The van der Waals surface area contributed by atoms with Gasteiger partial charge in [0.15, 0.2) is 0 Å². The van der Waals surface area contributed by atoms with Gasteiger partial charge in [0.2, 0.25) is 5.91 Å². The van der Waals surface area contributed by atoms with Crippen LogP contribution in [0.2, 0.25) is 10.0 Å². The van der Waals surface area contributed by atoms with Crippen LogP contribution in [0.25, 0.3) is 0 Å². The molecule has 1 fully saturated rings. The van der Waals surface area contributed by atoms with E-state index >= 15 is 0 Å². The molecule has 1 amide bonds. The third-order valence-corrected chi connectivity index (χ3v) is 4.18. The third kappa shape index (κ3) is 2.88. The lowest BCUT2D eigenvalue weighted by Crippen LogP contribution is -2.34. The lowest BCUT2D eigenvalue weighted by atomic mass is 10.0. The van der Waals surface area contributed by atoms with Crippen LogP contribution in [-0.4, -0.2) is 23.4 Å². The number of amides is 1. The molecule has 1 aliphatic heterocycles. The first-order valence-electron chi connectivity index (χ1n) is 6.55. The Bertz CT molecular complexity index is 458. The maximum Gasteiger partial charge on any atom is 0.224 e. The summed E-state index contributed by atoms with van der Waals surface area (Å²) in [5, 5.41) is 1.15. The van der Waals surface area contributed by atoms with Gasteiger partial charge in [-0.1, -0.05) is 42.6 Å². The fraction of sp³-hybridized carbons (Fsp3) is 0.500. The van der Waals surface area contributed by atoms with Crippen molar-refractivity contribution in [2.75, 3.05) is 6.54 Å². The van der Waals surface area contributed by atoms with Crippen molar-refractivity contribution in [2.45, 2.75) is 38.3 Å². The summed E-state index contributed by atoms with van der Waals surface area (Å²) in [5.41, 5.74) is 6.90. The molecule has 2 rings (SSSR count). The van der Waals surface area contributed by atoms with Gasteiger partial charge in [-0.15, -0.1) is 0 Å². The molecule has 1 aromatic carbocycles. The molecule has 0 aliphatic carbocycles. The van der Waals surface area contributed by atoms with Gasteiger partial charge in [-0.3, -0.25) is 4.79 Å². The zero-order valence-electron chi connectivity index (χ0n) is 10.9. The van der Waals surface area contributed by atoms with E-state index in [1.54, 1.807) is 18.2 Å². The number of halogens is 2. The Morgan fingerprint density at radius 3 is 2.58 bits per heavy atom. The van der Waals surface area contributed by atoms with E-state index in [-0.39, 0.29) is 18.0 Å². The number of carbonyl (C=O) groups excluding carboxylic acids is 1. The van der Waals surface area contributed by atoms with Crippen LogP contribution < -0.4 is 5.73 Å². The van der Waals surface area contributed by atoms with E-state index in [1.807, 2.05) is 4.90 Å². The van der Waals surface area contributed by atoms with Gasteiger partial charge in [0.25, 0.3) is 0 Å². The SMILES string of the molecule is CCCCN1C(=O)CC(N)C1c1c(Cl)cccc1Cl. The summed E-state index contributed by atoms with van der Waals surface area (Å²) >= 11 is 12.5. The van der Waals surface area contributed by atoms with E-state index in [1.165, 1.54) is 0 Å².